The zero-order valence-electron chi connectivity index (χ0n) is 8.51. The molecule has 1 unspecified atom stereocenters. The zero-order chi connectivity index (χ0) is 12.3. The van der Waals surface area contributed by atoms with Gasteiger partial charge in [0.1, 0.15) is 5.82 Å². The number of nitrogens with zero attached hydrogens (tertiary/aromatic N) is 1. The van der Waals surface area contributed by atoms with E-state index in [1.807, 2.05) is 0 Å². The van der Waals surface area contributed by atoms with Gasteiger partial charge in [-0.3, -0.25) is 14.9 Å². The van der Waals surface area contributed by atoms with Crippen LogP contribution in [0.25, 0.3) is 0 Å². The van der Waals surface area contributed by atoms with Crippen molar-refractivity contribution in [3.05, 3.63) is 39.7 Å². The van der Waals surface area contributed by atoms with Crippen LogP contribution in [0, 0.1) is 21.8 Å². The standard InChI is InChI=1S/C10H10FNO4/c1-6(10(13)14)5-7-8(11)3-2-4-9(7)12(15)16/h2-4,6H,5H2,1H3,(H,13,14). The first-order valence-corrected chi connectivity index (χ1v) is 4.58. The summed E-state index contributed by atoms with van der Waals surface area (Å²) in [6.07, 6.45) is -0.196. The highest BCUT2D eigenvalue weighted by Crippen LogP contribution is 2.24. The van der Waals surface area contributed by atoms with E-state index in [0.717, 1.165) is 12.1 Å². The monoisotopic (exact) mass is 227 g/mol. The molecular weight excluding hydrogens is 217 g/mol. The van der Waals surface area contributed by atoms with Crippen molar-refractivity contribution in [2.24, 2.45) is 5.92 Å². The van der Waals surface area contributed by atoms with E-state index in [9.17, 15) is 19.3 Å². The predicted octanol–water partition coefficient (Wildman–Crippen LogP) is 2.00. The molecule has 0 saturated carbocycles. The lowest BCUT2D eigenvalue weighted by Crippen LogP contribution is -2.14. The quantitative estimate of drug-likeness (QED) is 0.630. The molecule has 1 rings (SSSR count). The number of halogens is 1. The third kappa shape index (κ3) is 2.53. The molecule has 1 aromatic carbocycles. The van der Waals surface area contributed by atoms with E-state index >= 15 is 0 Å². The molecule has 0 saturated heterocycles. The number of benzene rings is 1. The molecule has 0 aliphatic rings. The van der Waals surface area contributed by atoms with Crippen molar-refractivity contribution in [1.82, 2.24) is 0 Å². The molecule has 0 aliphatic heterocycles. The number of rotatable bonds is 4. The SMILES string of the molecule is CC(Cc1c(F)cccc1[N+](=O)[O-])C(=O)O. The maximum atomic E-state index is 13.3. The number of carboxylic acid groups (broad SMARTS) is 1. The number of hydrogen-bond donors (Lipinski definition) is 1. The van der Waals surface area contributed by atoms with E-state index < -0.39 is 22.6 Å². The van der Waals surface area contributed by atoms with Gasteiger partial charge in [0.25, 0.3) is 5.69 Å². The Hall–Kier alpha value is -1.98. The van der Waals surface area contributed by atoms with E-state index in [0.29, 0.717) is 0 Å². The van der Waals surface area contributed by atoms with Crippen LogP contribution in [0.4, 0.5) is 10.1 Å². The van der Waals surface area contributed by atoms with Crippen LogP contribution < -0.4 is 0 Å². The van der Waals surface area contributed by atoms with Gasteiger partial charge in [0, 0.05) is 6.07 Å². The number of hydrogen-bond acceptors (Lipinski definition) is 3. The lowest BCUT2D eigenvalue weighted by atomic mass is 9.99. The van der Waals surface area contributed by atoms with Crippen LogP contribution in [0.5, 0.6) is 0 Å². The van der Waals surface area contributed by atoms with E-state index in [4.69, 9.17) is 5.11 Å². The fourth-order valence-corrected chi connectivity index (χ4v) is 1.31. The van der Waals surface area contributed by atoms with Gasteiger partial charge in [-0.1, -0.05) is 13.0 Å². The fourth-order valence-electron chi connectivity index (χ4n) is 1.31. The Morgan fingerprint density at radius 3 is 2.75 bits per heavy atom. The highest BCUT2D eigenvalue weighted by molar-refractivity contribution is 5.70. The summed E-state index contributed by atoms with van der Waals surface area (Å²) in [5, 5.41) is 19.3. The molecule has 0 aromatic heterocycles. The van der Waals surface area contributed by atoms with Crippen molar-refractivity contribution >= 4 is 11.7 Å². The molecule has 1 atom stereocenters. The highest BCUT2D eigenvalue weighted by Gasteiger charge is 2.22. The Labute approximate surface area is 90.7 Å². The Balaban J connectivity index is 3.11. The summed E-state index contributed by atoms with van der Waals surface area (Å²) in [6.45, 7) is 1.37. The van der Waals surface area contributed by atoms with Crippen molar-refractivity contribution in [1.29, 1.82) is 0 Å². The maximum Gasteiger partial charge on any atom is 0.306 e. The first kappa shape index (κ1) is 12.1. The number of aliphatic carboxylic acids is 1. The van der Waals surface area contributed by atoms with Crippen LogP contribution in [-0.2, 0) is 11.2 Å². The van der Waals surface area contributed by atoms with E-state index in [1.54, 1.807) is 0 Å². The van der Waals surface area contributed by atoms with Crippen LogP contribution in [-0.4, -0.2) is 16.0 Å². The average Bonchev–Trinajstić information content (AvgIpc) is 2.20. The molecule has 0 spiro atoms. The summed E-state index contributed by atoms with van der Waals surface area (Å²) in [4.78, 5) is 20.5. The van der Waals surface area contributed by atoms with Gasteiger partial charge in [0.2, 0.25) is 0 Å². The molecule has 86 valence electrons. The van der Waals surface area contributed by atoms with E-state index in [2.05, 4.69) is 0 Å². The number of carbonyl (C=O) groups is 1. The average molecular weight is 227 g/mol. The summed E-state index contributed by atoms with van der Waals surface area (Å²) < 4.78 is 13.3. The van der Waals surface area contributed by atoms with Gasteiger partial charge >= 0.3 is 5.97 Å². The Kier molecular flexibility index (Phi) is 3.55. The smallest absolute Gasteiger partial charge is 0.306 e. The summed E-state index contributed by atoms with van der Waals surface area (Å²) in [5.74, 6) is -2.73. The summed E-state index contributed by atoms with van der Waals surface area (Å²) in [6, 6.07) is 3.46. The first-order chi connectivity index (χ1) is 7.43. The molecule has 0 radical (unpaired) electrons. The second-order valence-electron chi connectivity index (χ2n) is 3.44. The molecule has 0 fully saturated rings. The van der Waals surface area contributed by atoms with Crippen molar-refractivity contribution in [2.75, 3.05) is 0 Å². The largest absolute Gasteiger partial charge is 0.481 e. The number of nitro benzene ring substituents is 1. The molecule has 6 heteroatoms. The van der Waals surface area contributed by atoms with Gasteiger partial charge in [0.15, 0.2) is 0 Å². The number of carboxylic acids is 1. The molecule has 0 amide bonds. The third-order valence-corrected chi connectivity index (χ3v) is 2.22. The fraction of sp³-hybridized carbons (Fsp3) is 0.300. The minimum Gasteiger partial charge on any atom is -0.481 e. The van der Waals surface area contributed by atoms with Crippen LogP contribution in [0.3, 0.4) is 0 Å². The predicted molar refractivity (Wildman–Crippen MR) is 53.6 cm³/mol. The minimum atomic E-state index is -1.11. The van der Waals surface area contributed by atoms with Gasteiger partial charge < -0.3 is 5.11 Å². The Bertz CT molecular complexity index is 433. The van der Waals surface area contributed by atoms with Gasteiger partial charge in [-0.05, 0) is 12.5 Å². The van der Waals surface area contributed by atoms with Crippen molar-refractivity contribution < 1.29 is 19.2 Å². The van der Waals surface area contributed by atoms with Crippen LogP contribution in [0.15, 0.2) is 18.2 Å². The third-order valence-electron chi connectivity index (χ3n) is 2.22. The topological polar surface area (TPSA) is 80.4 Å². The minimum absolute atomic E-state index is 0.164. The molecule has 1 aromatic rings. The van der Waals surface area contributed by atoms with Crippen molar-refractivity contribution in [2.45, 2.75) is 13.3 Å². The summed E-state index contributed by atoms with van der Waals surface area (Å²) >= 11 is 0. The molecule has 0 aliphatic carbocycles. The lowest BCUT2D eigenvalue weighted by Gasteiger charge is -2.07. The van der Waals surface area contributed by atoms with Crippen LogP contribution >= 0.6 is 0 Å². The van der Waals surface area contributed by atoms with Crippen molar-refractivity contribution in [3.8, 4) is 0 Å². The normalized spacial score (nSPS) is 12.1. The molecule has 0 heterocycles. The molecule has 0 bridgehead atoms. The first-order valence-electron chi connectivity index (χ1n) is 4.58. The molecule has 1 N–H and O–H groups in total. The zero-order valence-corrected chi connectivity index (χ0v) is 8.51. The number of nitro groups is 1. The Morgan fingerprint density at radius 2 is 2.25 bits per heavy atom. The maximum absolute atomic E-state index is 13.3. The summed E-state index contributed by atoms with van der Waals surface area (Å²) in [7, 11) is 0. The Morgan fingerprint density at radius 1 is 1.62 bits per heavy atom. The van der Waals surface area contributed by atoms with Gasteiger partial charge in [-0.25, -0.2) is 4.39 Å². The van der Waals surface area contributed by atoms with Crippen LogP contribution in [0.2, 0.25) is 0 Å². The molecule has 16 heavy (non-hydrogen) atoms. The highest BCUT2D eigenvalue weighted by atomic mass is 19.1. The lowest BCUT2D eigenvalue weighted by molar-refractivity contribution is -0.385. The van der Waals surface area contributed by atoms with Gasteiger partial charge in [0.05, 0.1) is 16.4 Å². The second-order valence-corrected chi connectivity index (χ2v) is 3.44. The molecular formula is C10H10FNO4. The van der Waals surface area contributed by atoms with Crippen molar-refractivity contribution in [3.63, 3.8) is 0 Å². The van der Waals surface area contributed by atoms with Gasteiger partial charge in [-0.2, -0.15) is 0 Å². The van der Waals surface area contributed by atoms with E-state index in [-0.39, 0.29) is 17.7 Å². The second kappa shape index (κ2) is 4.69. The molecule has 5 nitrogen and oxygen atoms in total. The van der Waals surface area contributed by atoms with Crippen LogP contribution in [0.1, 0.15) is 12.5 Å². The summed E-state index contributed by atoms with van der Waals surface area (Å²) in [5.41, 5.74) is -0.546. The van der Waals surface area contributed by atoms with E-state index in [1.165, 1.54) is 13.0 Å². The van der Waals surface area contributed by atoms with Gasteiger partial charge in [-0.15, -0.1) is 0 Å².